The smallest absolute Gasteiger partial charge is 0.0881 e. The number of ether oxygens (including phenoxy) is 1. The van der Waals surface area contributed by atoms with Gasteiger partial charge in [-0.25, -0.2) is 0 Å². The van der Waals surface area contributed by atoms with E-state index in [-0.39, 0.29) is 5.54 Å². The molecule has 2 heterocycles. The minimum Gasteiger partial charge on any atom is -0.374 e. The first kappa shape index (κ1) is 16.5. The molecule has 1 aromatic rings. The predicted molar refractivity (Wildman–Crippen MR) is 87.5 cm³/mol. The fourth-order valence-corrected chi connectivity index (χ4v) is 2.68. The second-order valence-corrected chi connectivity index (χ2v) is 7.34. The molecule has 0 amide bonds. The van der Waals surface area contributed by atoms with Crippen molar-refractivity contribution in [3.63, 3.8) is 0 Å². The van der Waals surface area contributed by atoms with Crippen LogP contribution in [0.15, 0.2) is 18.3 Å². The topological polar surface area (TPSA) is 29.4 Å². The molecule has 21 heavy (non-hydrogen) atoms. The lowest BCUT2D eigenvalue weighted by molar-refractivity contribution is -0.0458. The molecule has 1 aliphatic rings. The number of morpholine rings is 1. The van der Waals surface area contributed by atoms with Crippen molar-refractivity contribution in [3.8, 4) is 0 Å². The maximum absolute atomic E-state index is 5.95. The summed E-state index contributed by atoms with van der Waals surface area (Å²) >= 11 is 0. The van der Waals surface area contributed by atoms with Gasteiger partial charge in [-0.05, 0) is 46.8 Å². The Morgan fingerprint density at radius 2 is 2.14 bits per heavy atom. The Balaban J connectivity index is 1.92. The lowest BCUT2D eigenvalue weighted by Crippen LogP contribution is -2.47. The lowest BCUT2D eigenvalue weighted by atomic mass is 10.1. The maximum Gasteiger partial charge on any atom is 0.0881 e. The van der Waals surface area contributed by atoms with Gasteiger partial charge in [0.1, 0.15) is 0 Å². The molecule has 0 radical (unpaired) electrons. The Morgan fingerprint density at radius 3 is 2.81 bits per heavy atom. The molecular formula is C17H31N3O. The predicted octanol–water partition coefficient (Wildman–Crippen LogP) is 2.49. The van der Waals surface area contributed by atoms with E-state index in [1.807, 2.05) is 0 Å². The van der Waals surface area contributed by atoms with Crippen LogP contribution in [0.25, 0.3) is 0 Å². The number of nitrogens with one attached hydrogen (secondary N) is 1. The monoisotopic (exact) mass is 293 g/mol. The molecule has 1 unspecified atom stereocenters. The Morgan fingerprint density at radius 1 is 1.38 bits per heavy atom. The van der Waals surface area contributed by atoms with Crippen molar-refractivity contribution < 1.29 is 4.74 Å². The first-order valence-electron chi connectivity index (χ1n) is 8.10. The summed E-state index contributed by atoms with van der Waals surface area (Å²) in [5.41, 5.74) is 1.47. The van der Waals surface area contributed by atoms with Crippen molar-refractivity contribution in [1.29, 1.82) is 0 Å². The first-order chi connectivity index (χ1) is 9.85. The van der Waals surface area contributed by atoms with Crippen molar-refractivity contribution in [1.82, 2.24) is 14.8 Å². The summed E-state index contributed by atoms with van der Waals surface area (Å²) in [5, 5.41) is 3.56. The van der Waals surface area contributed by atoms with Crippen molar-refractivity contribution in [2.45, 2.75) is 65.4 Å². The van der Waals surface area contributed by atoms with Crippen LogP contribution in [0.4, 0.5) is 0 Å². The number of aromatic nitrogens is 1. The standard InChI is InChI=1S/C17H31N3O/c1-14(2)19-9-10-21-16(12-19)13-20-8-6-7-15(20)11-18-17(3,4)5/h6-8,14,16,18H,9-13H2,1-5H3. The normalized spacial score (nSPS) is 21.1. The molecular weight excluding hydrogens is 262 g/mol. The highest BCUT2D eigenvalue weighted by Crippen LogP contribution is 2.13. The van der Waals surface area contributed by atoms with Crippen LogP contribution < -0.4 is 5.32 Å². The van der Waals surface area contributed by atoms with E-state index in [0.717, 1.165) is 32.8 Å². The summed E-state index contributed by atoms with van der Waals surface area (Å²) in [6.45, 7) is 15.9. The van der Waals surface area contributed by atoms with Crippen LogP contribution in [0.2, 0.25) is 0 Å². The summed E-state index contributed by atoms with van der Waals surface area (Å²) in [5.74, 6) is 0. The van der Waals surface area contributed by atoms with Crippen molar-refractivity contribution in [2.24, 2.45) is 0 Å². The summed E-state index contributed by atoms with van der Waals surface area (Å²) in [4.78, 5) is 2.50. The SMILES string of the molecule is CC(C)N1CCOC(Cn2cccc2CNC(C)(C)C)C1. The van der Waals surface area contributed by atoms with Gasteiger partial charge in [-0.2, -0.15) is 0 Å². The van der Waals surface area contributed by atoms with Gasteiger partial charge in [-0.1, -0.05) is 0 Å². The fraction of sp³-hybridized carbons (Fsp3) is 0.765. The van der Waals surface area contributed by atoms with Gasteiger partial charge in [-0.3, -0.25) is 4.90 Å². The summed E-state index contributed by atoms with van der Waals surface area (Å²) in [6.07, 6.45) is 2.46. The molecule has 4 heteroatoms. The molecule has 4 nitrogen and oxygen atoms in total. The molecule has 0 saturated carbocycles. The molecule has 2 rings (SSSR count). The van der Waals surface area contributed by atoms with Gasteiger partial charge >= 0.3 is 0 Å². The van der Waals surface area contributed by atoms with E-state index in [9.17, 15) is 0 Å². The second kappa shape index (κ2) is 6.95. The highest BCUT2D eigenvalue weighted by atomic mass is 16.5. The molecule has 1 fully saturated rings. The van der Waals surface area contributed by atoms with Gasteiger partial charge in [0.25, 0.3) is 0 Å². The fourth-order valence-electron chi connectivity index (χ4n) is 2.68. The largest absolute Gasteiger partial charge is 0.374 e. The van der Waals surface area contributed by atoms with Gasteiger partial charge in [-0.15, -0.1) is 0 Å². The molecule has 120 valence electrons. The van der Waals surface area contributed by atoms with Gasteiger partial charge < -0.3 is 14.6 Å². The Kier molecular flexibility index (Phi) is 5.47. The van der Waals surface area contributed by atoms with Crippen LogP contribution in [-0.4, -0.2) is 46.8 Å². The maximum atomic E-state index is 5.95. The Hall–Kier alpha value is -0.840. The van der Waals surface area contributed by atoms with Gasteiger partial charge in [0.05, 0.1) is 12.7 Å². The minimum absolute atomic E-state index is 0.144. The van der Waals surface area contributed by atoms with Crippen LogP contribution in [0.1, 0.15) is 40.3 Å². The van der Waals surface area contributed by atoms with Gasteiger partial charge in [0, 0.05) is 49.7 Å². The molecule has 1 N–H and O–H groups in total. The van der Waals surface area contributed by atoms with E-state index in [1.54, 1.807) is 0 Å². The average Bonchev–Trinajstić information content (AvgIpc) is 2.83. The summed E-state index contributed by atoms with van der Waals surface area (Å²) < 4.78 is 8.28. The van der Waals surface area contributed by atoms with E-state index in [1.165, 1.54) is 5.69 Å². The van der Waals surface area contributed by atoms with E-state index in [4.69, 9.17) is 4.74 Å². The molecule has 0 aliphatic carbocycles. The van der Waals surface area contributed by atoms with Crippen LogP contribution in [0.5, 0.6) is 0 Å². The van der Waals surface area contributed by atoms with Gasteiger partial charge in [0.15, 0.2) is 0 Å². The van der Waals surface area contributed by atoms with E-state index in [2.05, 4.69) is 67.7 Å². The van der Waals surface area contributed by atoms with Crippen molar-refractivity contribution in [2.75, 3.05) is 19.7 Å². The number of nitrogens with zero attached hydrogens (tertiary/aromatic N) is 2. The van der Waals surface area contributed by atoms with Crippen molar-refractivity contribution in [3.05, 3.63) is 24.0 Å². The zero-order valence-electron chi connectivity index (χ0n) is 14.2. The van der Waals surface area contributed by atoms with E-state index in [0.29, 0.717) is 12.1 Å². The minimum atomic E-state index is 0.144. The zero-order chi connectivity index (χ0) is 15.5. The molecule has 1 atom stereocenters. The molecule has 1 aliphatic heterocycles. The number of hydrogen-bond donors (Lipinski definition) is 1. The van der Waals surface area contributed by atoms with Crippen molar-refractivity contribution >= 4 is 0 Å². The third kappa shape index (κ3) is 5.13. The number of rotatable bonds is 5. The lowest BCUT2D eigenvalue weighted by Gasteiger charge is -2.36. The highest BCUT2D eigenvalue weighted by Gasteiger charge is 2.23. The second-order valence-electron chi connectivity index (χ2n) is 7.34. The summed E-state index contributed by atoms with van der Waals surface area (Å²) in [7, 11) is 0. The zero-order valence-corrected chi connectivity index (χ0v) is 14.2. The molecule has 1 saturated heterocycles. The van der Waals surface area contributed by atoms with Crippen LogP contribution in [0, 0.1) is 0 Å². The molecule has 0 bridgehead atoms. The summed E-state index contributed by atoms with van der Waals surface area (Å²) in [6, 6.07) is 4.92. The van der Waals surface area contributed by atoms with Crippen LogP contribution >= 0.6 is 0 Å². The van der Waals surface area contributed by atoms with Gasteiger partial charge in [0.2, 0.25) is 0 Å². The Bertz CT molecular complexity index is 433. The third-order valence-corrected chi connectivity index (χ3v) is 4.02. The van der Waals surface area contributed by atoms with E-state index >= 15 is 0 Å². The Labute approximate surface area is 129 Å². The third-order valence-electron chi connectivity index (χ3n) is 4.02. The highest BCUT2D eigenvalue weighted by molar-refractivity contribution is 5.07. The quantitative estimate of drug-likeness (QED) is 0.904. The van der Waals surface area contributed by atoms with Crippen LogP contribution in [-0.2, 0) is 17.8 Å². The first-order valence-corrected chi connectivity index (χ1v) is 8.10. The molecule has 0 aromatic carbocycles. The van der Waals surface area contributed by atoms with Crippen LogP contribution in [0.3, 0.4) is 0 Å². The number of hydrogen-bond acceptors (Lipinski definition) is 3. The van der Waals surface area contributed by atoms with E-state index < -0.39 is 0 Å². The molecule has 1 aromatic heterocycles. The molecule has 0 spiro atoms. The average molecular weight is 293 g/mol.